The van der Waals surface area contributed by atoms with Gasteiger partial charge in [0.15, 0.2) is 11.5 Å². The lowest BCUT2D eigenvalue weighted by molar-refractivity contribution is 0.210. The van der Waals surface area contributed by atoms with Crippen LogP contribution in [0.3, 0.4) is 0 Å². The van der Waals surface area contributed by atoms with Crippen molar-refractivity contribution in [2.24, 2.45) is 0 Å². The second-order valence-corrected chi connectivity index (χ2v) is 6.26. The molecule has 2 heterocycles. The fraction of sp³-hybridized carbons (Fsp3) is 0.474. The molecule has 0 radical (unpaired) electrons. The van der Waals surface area contributed by atoms with Crippen molar-refractivity contribution < 1.29 is 14.2 Å². The van der Waals surface area contributed by atoms with Gasteiger partial charge in [0.05, 0.1) is 20.8 Å². The van der Waals surface area contributed by atoms with Crippen LogP contribution in [0.5, 0.6) is 11.5 Å². The molecule has 0 bridgehead atoms. The number of hydrogen-bond donors (Lipinski definition) is 1. The minimum Gasteiger partial charge on any atom is -0.493 e. The summed E-state index contributed by atoms with van der Waals surface area (Å²) in [4.78, 5) is 11.5. The molecule has 3 rings (SSSR count). The number of methoxy groups -OCH3 is 3. The van der Waals surface area contributed by atoms with Crippen molar-refractivity contribution in [1.82, 2.24) is 9.97 Å². The molecule has 0 saturated carbocycles. The standard InChI is InChI=1S/C19H26N4O3/c1-13-9-18(20-6-8-24-2)22-19(21-13)23-7-5-14-10-16(25-3)17(26-4)11-15(14)12-23/h9-11H,5-8,12H2,1-4H3,(H,20,21,22). The number of nitrogens with zero attached hydrogens (tertiary/aromatic N) is 3. The smallest absolute Gasteiger partial charge is 0.227 e. The summed E-state index contributed by atoms with van der Waals surface area (Å²) in [6, 6.07) is 6.07. The fourth-order valence-electron chi connectivity index (χ4n) is 3.12. The number of nitrogens with one attached hydrogen (secondary N) is 1. The Balaban J connectivity index is 1.82. The van der Waals surface area contributed by atoms with Gasteiger partial charge in [-0.1, -0.05) is 0 Å². The Bertz CT molecular complexity index is 767. The van der Waals surface area contributed by atoms with E-state index in [9.17, 15) is 0 Å². The average Bonchev–Trinajstić information content (AvgIpc) is 2.66. The minimum atomic E-state index is 0.636. The molecule has 1 aliphatic rings. The highest BCUT2D eigenvalue weighted by atomic mass is 16.5. The Hall–Kier alpha value is -2.54. The summed E-state index contributed by atoms with van der Waals surface area (Å²) in [6.45, 7) is 4.95. The van der Waals surface area contributed by atoms with E-state index >= 15 is 0 Å². The van der Waals surface area contributed by atoms with E-state index in [-0.39, 0.29) is 0 Å². The van der Waals surface area contributed by atoms with Gasteiger partial charge in [0.25, 0.3) is 0 Å². The first-order chi connectivity index (χ1) is 12.6. The molecule has 0 unspecified atom stereocenters. The first kappa shape index (κ1) is 18.3. The van der Waals surface area contributed by atoms with Crippen LogP contribution in [-0.4, -0.2) is 51.0 Å². The summed E-state index contributed by atoms with van der Waals surface area (Å²) < 4.78 is 15.9. The highest BCUT2D eigenvalue weighted by molar-refractivity contribution is 5.52. The van der Waals surface area contributed by atoms with Crippen LogP contribution in [0.15, 0.2) is 18.2 Å². The Morgan fingerprint density at radius 2 is 1.77 bits per heavy atom. The van der Waals surface area contributed by atoms with Gasteiger partial charge >= 0.3 is 0 Å². The summed E-state index contributed by atoms with van der Waals surface area (Å²) in [5.41, 5.74) is 3.44. The maximum Gasteiger partial charge on any atom is 0.227 e. The second-order valence-electron chi connectivity index (χ2n) is 6.26. The number of ether oxygens (including phenoxy) is 3. The van der Waals surface area contributed by atoms with Gasteiger partial charge in [-0.3, -0.25) is 0 Å². The third kappa shape index (κ3) is 3.99. The van der Waals surface area contributed by atoms with Crippen LogP contribution >= 0.6 is 0 Å². The summed E-state index contributed by atoms with van der Waals surface area (Å²) >= 11 is 0. The van der Waals surface area contributed by atoms with E-state index in [0.717, 1.165) is 48.5 Å². The summed E-state index contributed by atoms with van der Waals surface area (Å²) in [5, 5.41) is 3.28. The van der Waals surface area contributed by atoms with Crippen molar-refractivity contribution in [2.75, 3.05) is 51.2 Å². The van der Waals surface area contributed by atoms with Crippen molar-refractivity contribution in [1.29, 1.82) is 0 Å². The number of fused-ring (bicyclic) bond motifs is 1. The third-order valence-corrected chi connectivity index (χ3v) is 4.46. The topological polar surface area (TPSA) is 68.7 Å². The number of aryl methyl sites for hydroxylation is 1. The quantitative estimate of drug-likeness (QED) is 0.762. The van der Waals surface area contributed by atoms with E-state index in [1.165, 1.54) is 11.1 Å². The van der Waals surface area contributed by atoms with Gasteiger partial charge in [-0.2, -0.15) is 4.98 Å². The largest absolute Gasteiger partial charge is 0.493 e. The Kier molecular flexibility index (Phi) is 5.78. The van der Waals surface area contributed by atoms with Crippen LogP contribution in [0.25, 0.3) is 0 Å². The van der Waals surface area contributed by atoms with Gasteiger partial charge < -0.3 is 24.4 Å². The van der Waals surface area contributed by atoms with Crippen LogP contribution in [0, 0.1) is 6.92 Å². The van der Waals surface area contributed by atoms with Gasteiger partial charge in [0, 0.05) is 38.5 Å². The van der Waals surface area contributed by atoms with Crippen molar-refractivity contribution in [3.63, 3.8) is 0 Å². The monoisotopic (exact) mass is 358 g/mol. The molecule has 7 heteroatoms. The molecular formula is C19H26N4O3. The molecule has 1 aromatic carbocycles. The average molecular weight is 358 g/mol. The van der Waals surface area contributed by atoms with Crippen molar-refractivity contribution >= 4 is 11.8 Å². The zero-order chi connectivity index (χ0) is 18.5. The van der Waals surface area contributed by atoms with Crippen LogP contribution < -0.4 is 19.7 Å². The molecule has 1 aromatic heterocycles. The van der Waals surface area contributed by atoms with Gasteiger partial charge in [-0.25, -0.2) is 4.98 Å². The van der Waals surface area contributed by atoms with Gasteiger partial charge in [0.1, 0.15) is 5.82 Å². The molecule has 0 fully saturated rings. The highest BCUT2D eigenvalue weighted by Gasteiger charge is 2.21. The molecule has 2 aromatic rings. The molecule has 0 saturated heterocycles. The van der Waals surface area contributed by atoms with Crippen LogP contribution in [0.4, 0.5) is 11.8 Å². The normalized spacial score (nSPS) is 13.3. The first-order valence-electron chi connectivity index (χ1n) is 8.71. The minimum absolute atomic E-state index is 0.636. The first-order valence-corrected chi connectivity index (χ1v) is 8.71. The zero-order valence-electron chi connectivity index (χ0n) is 15.8. The summed E-state index contributed by atoms with van der Waals surface area (Å²) in [7, 11) is 5.01. The number of hydrogen-bond acceptors (Lipinski definition) is 7. The molecule has 7 nitrogen and oxygen atoms in total. The SMILES string of the molecule is COCCNc1cc(C)nc(N2CCc3cc(OC)c(OC)cc3C2)n1. The molecular weight excluding hydrogens is 332 g/mol. The number of aromatic nitrogens is 2. The molecule has 1 N–H and O–H groups in total. The maximum atomic E-state index is 5.44. The fourth-order valence-corrected chi connectivity index (χ4v) is 3.12. The zero-order valence-corrected chi connectivity index (χ0v) is 15.8. The van der Waals surface area contributed by atoms with Gasteiger partial charge in [0.2, 0.25) is 5.95 Å². The molecule has 0 spiro atoms. The summed E-state index contributed by atoms with van der Waals surface area (Å²) in [6.07, 6.45) is 0.916. The van der Waals surface area contributed by atoms with Crippen molar-refractivity contribution in [3.8, 4) is 11.5 Å². The second kappa shape index (κ2) is 8.23. The molecule has 1 aliphatic heterocycles. The highest BCUT2D eigenvalue weighted by Crippen LogP contribution is 2.34. The number of benzene rings is 1. The van der Waals surface area contributed by atoms with E-state index in [1.807, 2.05) is 19.1 Å². The Morgan fingerprint density at radius 3 is 2.46 bits per heavy atom. The Morgan fingerprint density at radius 1 is 1.04 bits per heavy atom. The lowest BCUT2D eigenvalue weighted by atomic mass is 9.99. The number of anilines is 2. The number of rotatable bonds is 7. The third-order valence-electron chi connectivity index (χ3n) is 4.46. The van der Waals surface area contributed by atoms with E-state index in [2.05, 4.69) is 26.3 Å². The van der Waals surface area contributed by atoms with E-state index < -0.39 is 0 Å². The van der Waals surface area contributed by atoms with Crippen molar-refractivity contribution in [2.45, 2.75) is 19.9 Å². The Labute approximate surface area is 154 Å². The van der Waals surface area contributed by atoms with Gasteiger partial charge in [-0.05, 0) is 36.6 Å². The predicted octanol–water partition coefficient (Wildman–Crippen LogP) is 2.42. The molecule has 140 valence electrons. The summed E-state index contributed by atoms with van der Waals surface area (Å²) in [5.74, 6) is 3.09. The van der Waals surface area contributed by atoms with Crippen LogP contribution in [-0.2, 0) is 17.7 Å². The molecule has 0 atom stereocenters. The van der Waals surface area contributed by atoms with E-state index in [0.29, 0.717) is 13.2 Å². The molecule has 26 heavy (non-hydrogen) atoms. The lowest BCUT2D eigenvalue weighted by Gasteiger charge is -2.30. The maximum absolute atomic E-state index is 5.44. The van der Waals surface area contributed by atoms with Crippen LogP contribution in [0.1, 0.15) is 16.8 Å². The van der Waals surface area contributed by atoms with Crippen LogP contribution in [0.2, 0.25) is 0 Å². The van der Waals surface area contributed by atoms with Gasteiger partial charge in [-0.15, -0.1) is 0 Å². The predicted molar refractivity (Wildman–Crippen MR) is 101 cm³/mol. The van der Waals surface area contributed by atoms with E-state index in [4.69, 9.17) is 14.2 Å². The molecule has 0 aliphatic carbocycles. The van der Waals surface area contributed by atoms with Crippen molar-refractivity contribution in [3.05, 3.63) is 35.0 Å². The lowest BCUT2D eigenvalue weighted by Crippen LogP contribution is -2.32. The van der Waals surface area contributed by atoms with E-state index in [1.54, 1.807) is 21.3 Å². The molecule has 0 amide bonds.